The molecule has 0 atom stereocenters. The topological polar surface area (TPSA) is 21.3 Å². The second kappa shape index (κ2) is 6.91. The highest BCUT2D eigenvalue weighted by atomic mass is 127. The van der Waals surface area contributed by atoms with Crippen molar-refractivity contribution >= 4 is 22.6 Å². The zero-order valence-electron chi connectivity index (χ0n) is 11.2. The first-order valence-electron chi connectivity index (χ1n) is 6.43. The summed E-state index contributed by atoms with van der Waals surface area (Å²) >= 11 is 2.29. The van der Waals surface area contributed by atoms with Crippen LogP contribution in [0.25, 0.3) is 0 Å². The third kappa shape index (κ3) is 3.94. The lowest BCUT2D eigenvalue weighted by Gasteiger charge is -2.13. The summed E-state index contributed by atoms with van der Waals surface area (Å²) in [6.07, 6.45) is 0. The molecule has 3 heteroatoms. The highest BCUT2D eigenvalue weighted by Crippen LogP contribution is 2.29. The summed E-state index contributed by atoms with van der Waals surface area (Å²) in [6, 6.07) is 14.4. The molecule has 2 aromatic carbocycles. The van der Waals surface area contributed by atoms with Crippen molar-refractivity contribution in [2.75, 3.05) is 6.54 Å². The van der Waals surface area contributed by atoms with Gasteiger partial charge in [0.2, 0.25) is 0 Å². The van der Waals surface area contributed by atoms with Crippen LogP contribution in [0.3, 0.4) is 0 Å². The van der Waals surface area contributed by atoms with E-state index in [-0.39, 0.29) is 0 Å². The Morgan fingerprint density at radius 1 is 1.11 bits per heavy atom. The van der Waals surface area contributed by atoms with Gasteiger partial charge in [-0.3, -0.25) is 0 Å². The third-order valence-corrected chi connectivity index (χ3v) is 3.73. The van der Waals surface area contributed by atoms with Gasteiger partial charge in [-0.25, -0.2) is 0 Å². The summed E-state index contributed by atoms with van der Waals surface area (Å²) in [6.45, 7) is 6.00. The fourth-order valence-corrected chi connectivity index (χ4v) is 2.35. The summed E-state index contributed by atoms with van der Waals surface area (Å²) < 4.78 is 7.17. The number of aryl methyl sites for hydroxylation is 1. The summed E-state index contributed by atoms with van der Waals surface area (Å²) in [5.41, 5.74) is 2.45. The number of benzene rings is 2. The van der Waals surface area contributed by atoms with Gasteiger partial charge < -0.3 is 10.1 Å². The molecular weight excluding hydrogens is 349 g/mol. The minimum atomic E-state index is 0.830. The molecule has 2 rings (SSSR count). The van der Waals surface area contributed by atoms with Gasteiger partial charge in [0, 0.05) is 12.1 Å². The molecule has 0 aromatic heterocycles. The van der Waals surface area contributed by atoms with Gasteiger partial charge in [-0.2, -0.15) is 0 Å². The van der Waals surface area contributed by atoms with Crippen molar-refractivity contribution in [1.82, 2.24) is 5.32 Å². The van der Waals surface area contributed by atoms with Gasteiger partial charge in [-0.15, -0.1) is 0 Å². The Kier molecular flexibility index (Phi) is 5.22. The van der Waals surface area contributed by atoms with Crippen molar-refractivity contribution in [3.8, 4) is 11.5 Å². The fraction of sp³-hybridized carbons (Fsp3) is 0.250. The first-order valence-corrected chi connectivity index (χ1v) is 7.51. The van der Waals surface area contributed by atoms with E-state index >= 15 is 0 Å². The number of para-hydroxylation sites is 1. The second-order valence-electron chi connectivity index (χ2n) is 4.42. The van der Waals surface area contributed by atoms with E-state index in [9.17, 15) is 0 Å². The molecule has 0 aliphatic heterocycles. The second-order valence-corrected chi connectivity index (χ2v) is 5.59. The standard InChI is InChI=1S/C16H18INO/c1-3-18-11-13-10-12(2)8-9-15(13)19-16-7-5-4-6-14(16)17/h4-10,18H,3,11H2,1-2H3. The van der Waals surface area contributed by atoms with E-state index in [1.54, 1.807) is 0 Å². The van der Waals surface area contributed by atoms with E-state index in [2.05, 4.69) is 53.9 Å². The normalized spacial score (nSPS) is 10.5. The lowest BCUT2D eigenvalue weighted by molar-refractivity contribution is 0.470. The number of nitrogens with one attached hydrogen (secondary N) is 1. The fourth-order valence-electron chi connectivity index (χ4n) is 1.85. The van der Waals surface area contributed by atoms with Crippen molar-refractivity contribution < 1.29 is 4.74 Å². The van der Waals surface area contributed by atoms with Gasteiger partial charge in [-0.1, -0.05) is 36.8 Å². The van der Waals surface area contributed by atoms with Gasteiger partial charge in [-0.05, 0) is 54.3 Å². The molecule has 0 saturated heterocycles. The Bertz CT molecular complexity index is 554. The number of ether oxygens (including phenoxy) is 1. The molecule has 0 radical (unpaired) electrons. The summed E-state index contributed by atoms with van der Waals surface area (Å²) in [5, 5.41) is 3.35. The number of hydrogen-bond acceptors (Lipinski definition) is 2. The largest absolute Gasteiger partial charge is 0.456 e. The average molecular weight is 367 g/mol. The van der Waals surface area contributed by atoms with Gasteiger partial charge in [0.05, 0.1) is 3.57 Å². The number of hydrogen-bond donors (Lipinski definition) is 1. The Labute approximate surface area is 128 Å². The van der Waals surface area contributed by atoms with Crippen LogP contribution < -0.4 is 10.1 Å². The Balaban J connectivity index is 2.26. The van der Waals surface area contributed by atoms with Gasteiger partial charge in [0.25, 0.3) is 0 Å². The van der Waals surface area contributed by atoms with Crippen LogP contribution >= 0.6 is 22.6 Å². The van der Waals surface area contributed by atoms with Crippen LogP contribution in [-0.2, 0) is 6.54 Å². The summed E-state index contributed by atoms with van der Waals surface area (Å²) in [4.78, 5) is 0. The molecule has 2 aromatic rings. The number of rotatable bonds is 5. The first-order chi connectivity index (χ1) is 9.20. The maximum Gasteiger partial charge on any atom is 0.140 e. The van der Waals surface area contributed by atoms with Crippen LogP contribution in [0.2, 0.25) is 0 Å². The molecule has 0 amide bonds. The van der Waals surface area contributed by atoms with Crippen LogP contribution in [0.15, 0.2) is 42.5 Å². The van der Waals surface area contributed by atoms with Gasteiger partial charge in [0.15, 0.2) is 0 Å². The minimum absolute atomic E-state index is 0.830. The third-order valence-electron chi connectivity index (χ3n) is 2.84. The minimum Gasteiger partial charge on any atom is -0.456 e. The lowest BCUT2D eigenvalue weighted by Crippen LogP contribution is -2.12. The molecule has 100 valence electrons. The van der Waals surface area contributed by atoms with Crippen molar-refractivity contribution in [1.29, 1.82) is 0 Å². The maximum atomic E-state index is 6.04. The molecule has 0 saturated carbocycles. The molecule has 2 nitrogen and oxygen atoms in total. The maximum absolute atomic E-state index is 6.04. The summed E-state index contributed by atoms with van der Waals surface area (Å²) in [7, 11) is 0. The quantitative estimate of drug-likeness (QED) is 0.786. The molecule has 0 aliphatic rings. The molecule has 0 spiro atoms. The molecule has 0 unspecified atom stereocenters. The summed E-state index contributed by atoms with van der Waals surface area (Å²) in [5.74, 6) is 1.83. The molecule has 0 aliphatic carbocycles. The van der Waals surface area contributed by atoms with E-state index < -0.39 is 0 Å². The van der Waals surface area contributed by atoms with E-state index in [1.165, 1.54) is 11.1 Å². The van der Waals surface area contributed by atoms with Crippen molar-refractivity contribution in [3.05, 3.63) is 57.2 Å². The molecular formula is C16H18INO. The lowest BCUT2D eigenvalue weighted by atomic mass is 10.1. The highest BCUT2D eigenvalue weighted by molar-refractivity contribution is 14.1. The van der Waals surface area contributed by atoms with Gasteiger partial charge >= 0.3 is 0 Å². The van der Waals surface area contributed by atoms with Crippen molar-refractivity contribution in [2.24, 2.45) is 0 Å². The van der Waals surface area contributed by atoms with Crippen molar-refractivity contribution in [3.63, 3.8) is 0 Å². The van der Waals surface area contributed by atoms with Crippen LogP contribution in [0.5, 0.6) is 11.5 Å². The Morgan fingerprint density at radius 3 is 2.63 bits per heavy atom. The molecule has 0 heterocycles. The number of halogens is 1. The van der Waals surface area contributed by atoms with Crippen LogP contribution in [-0.4, -0.2) is 6.54 Å². The van der Waals surface area contributed by atoms with Gasteiger partial charge in [0.1, 0.15) is 11.5 Å². The van der Waals surface area contributed by atoms with E-state index in [1.807, 2.05) is 30.3 Å². The Morgan fingerprint density at radius 2 is 1.89 bits per heavy atom. The zero-order valence-corrected chi connectivity index (χ0v) is 13.4. The van der Waals surface area contributed by atoms with Crippen LogP contribution in [0, 0.1) is 10.5 Å². The highest BCUT2D eigenvalue weighted by Gasteiger charge is 2.07. The predicted octanol–water partition coefficient (Wildman–Crippen LogP) is 4.50. The van der Waals surface area contributed by atoms with Crippen molar-refractivity contribution in [2.45, 2.75) is 20.4 Å². The average Bonchev–Trinajstić information content (AvgIpc) is 2.41. The van der Waals surface area contributed by atoms with E-state index in [4.69, 9.17) is 4.74 Å². The molecule has 1 N–H and O–H groups in total. The predicted molar refractivity (Wildman–Crippen MR) is 87.8 cm³/mol. The van der Waals surface area contributed by atoms with E-state index in [0.717, 1.165) is 28.2 Å². The first kappa shape index (κ1) is 14.3. The molecule has 0 fully saturated rings. The monoisotopic (exact) mass is 367 g/mol. The molecule has 19 heavy (non-hydrogen) atoms. The van der Waals surface area contributed by atoms with E-state index in [0.29, 0.717) is 0 Å². The van der Waals surface area contributed by atoms with Crippen LogP contribution in [0.1, 0.15) is 18.1 Å². The smallest absolute Gasteiger partial charge is 0.140 e. The zero-order chi connectivity index (χ0) is 13.7. The van der Waals surface area contributed by atoms with Crippen LogP contribution in [0.4, 0.5) is 0 Å². The SMILES string of the molecule is CCNCc1cc(C)ccc1Oc1ccccc1I. The Hall–Kier alpha value is -1.07. The molecule has 0 bridgehead atoms.